The van der Waals surface area contributed by atoms with Gasteiger partial charge in [-0.3, -0.25) is 0 Å². The van der Waals surface area contributed by atoms with Crippen molar-refractivity contribution in [2.24, 2.45) is 0 Å². The van der Waals surface area contributed by atoms with Crippen molar-refractivity contribution in [1.82, 2.24) is 15.2 Å². The number of halogens is 2. The summed E-state index contributed by atoms with van der Waals surface area (Å²) in [6.45, 7) is 8.93. The third-order valence-corrected chi connectivity index (χ3v) is 4.06. The van der Waals surface area contributed by atoms with Gasteiger partial charge in [0.15, 0.2) is 0 Å². The lowest BCUT2D eigenvalue weighted by atomic mass is 9.98. The second-order valence-corrected chi connectivity index (χ2v) is 7.59. The van der Waals surface area contributed by atoms with Crippen molar-refractivity contribution in [1.29, 1.82) is 0 Å². The van der Waals surface area contributed by atoms with E-state index >= 15 is 0 Å². The van der Waals surface area contributed by atoms with E-state index in [2.05, 4.69) is 26.2 Å². The predicted octanol–water partition coefficient (Wildman–Crippen LogP) is 3.77. The quantitative estimate of drug-likeness (QED) is 0.742. The number of nitrogens with one attached hydrogen (secondary N) is 1. The molecule has 1 aromatic rings. The third kappa shape index (κ3) is 4.33. The molecule has 1 aliphatic rings. The molecule has 1 saturated heterocycles. The molecule has 0 bridgehead atoms. The highest BCUT2D eigenvalue weighted by Gasteiger charge is 2.34. The first-order valence-corrected chi connectivity index (χ1v) is 8.40. The summed E-state index contributed by atoms with van der Waals surface area (Å²) in [6, 6.07) is 3.67. The van der Waals surface area contributed by atoms with Crippen molar-refractivity contribution in [2.45, 2.75) is 45.4 Å². The van der Waals surface area contributed by atoms with Gasteiger partial charge in [0.05, 0.1) is 12.1 Å². The number of amides is 1. The van der Waals surface area contributed by atoms with E-state index in [1.54, 1.807) is 4.90 Å². The Balaban J connectivity index is 2.19. The highest BCUT2D eigenvalue weighted by Crippen LogP contribution is 2.28. The highest BCUT2D eigenvalue weighted by molar-refractivity contribution is 9.10. The summed E-state index contributed by atoms with van der Waals surface area (Å²) >= 11 is 9.38. The van der Waals surface area contributed by atoms with Crippen molar-refractivity contribution in [3.8, 4) is 0 Å². The van der Waals surface area contributed by atoms with Crippen LogP contribution >= 0.6 is 27.5 Å². The van der Waals surface area contributed by atoms with Crippen molar-refractivity contribution in [3.05, 3.63) is 27.5 Å². The Bertz CT molecular complexity index is 542. The smallest absolute Gasteiger partial charge is 0.410 e. The molecule has 1 amide bonds. The molecule has 0 radical (unpaired) electrons. The molecular formula is C15H21BrClN3O2. The molecule has 0 aromatic carbocycles. The zero-order valence-electron chi connectivity index (χ0n) is 13.2. The fourth-order valence-electron chi connectivity index (χ4n) is 2.53. The molecule has 22 heavy (non-hydrogen) atoms. The number of ether oxygens (including phenoxy) is 1. The summed E-state index contributed by atoms with van der Waals surface area (Å²) in [5, 5.41) is 3.85. The zero-order valence-corrected chi connectivity index (χ0v) is 15.5. The number of carbonyl (C=O) groups excluding carboxylic acids is 1. The second-order valence-electron chi connectivity index (χ2n) is 6.39. The van der Waals surface area contributed by atoms with Gasteiger partial charge >= 0.3 is 6.09 Å². The molecule has 0 saturated carbocycles. The summed E-state index contributed by atoms with van der Waals surface area (Å²) < 4.78 is 6.17. The SMILES string of the molecule is C[C@H]1[C@H](c2cc(Cl)nc(Br)c2)NCCN1C(=O)OC(C)(C)C. The first kappa shape index (κ1) is 17.5. The maximum Gasteiger partial charge on any atom is 0.410 e. The molecule has 1 N–H and O–H groups in total. The lowest BCUT2D eigenvalue weighted by Gasteiger charge is -2.40. The second kappa shape index (κ2) is 6.72. The van der Waals surface area contributed by atoms with Crippen LogP contribution in [-0.2, 0) is 4.74 Å². The third-order valence-electron chi connectivity index (χ3n) is 3.46. The molecule has 1 aliphatic heterocycles. The summed E-state index contributed by atoms with van der Waals surface area (Å²) in [5.41, 5.74) is 0.493. The molecule has 0 spiro atoms. The summed E-state index contributed by atoms with van der Waals surface area (Å²) in [5.74, 6) is 0. The molecule has 122 valence electrons. The molecular weight excluding hydrogens is 370 g/mol. The number of rotatable bonds is 1. The number of piperazine rings is 1. The van der Waals surface area contributed by atoms with Crippen LogP contribution in [0.1, 0.15) is 39.3 Å². The van der Waals surface area contributed by atoms with Crippen LogP contribution < -0.4 is 5.32 Å². The fourth-order valence-corrected chi connectivity index (χ4v) is 3.31. The molecule has 7 heteroatoms. The minimum absolute atomic E-state index is 0.0157. The molecule has 0 unspecified atom stereocenters. The van der Waals surface area contributed by atoms with Crippen molar-refractivity contribution >= 4 is 33.6 Å². The van der Waals surface area contributed by atoms with Crippen LogP contribution in [0.3, 0.4) is 0 Å². The van der Waals surface area contributed by atoms with Gasteiger partial charge in [0.2, 0.25) is 0 Å². The fraction of sp³-hybridized carbons (Fsp3) is 0.600. The van der Waals surface area contributed by atoms with Crippen LogP contribution in [0.2, 0.25) is 5.15 Å². The predicted molar refractivity (Wildman–Crippen MR) is 90.1 cm³/mol. The number of pyridine rings is 1. The summed E-state index contributed by atoms with van der Waals surface area (Å²) in [7, 11) is 0. The van der Waals surface area contributed by atoms with Crippen molar-refractivity contribution < 1.29 is 9.53 Å². The molecule has 1 fully saturated rings. The van der Waals surface area contributed by atoms with E-state index in [1.165, 1.54) is 0 Å². The number of hydrogen-bond acceptors (Lipinski definition) is 4. The summed E-state index contributed by atoms with van der Waals surface area (Å²) in [4.78, 5) is 18.2. The average molecular weight is 391 g/mol. The minimum Gasteiger partial charge on any atom is -0.444 e. The maximum atomic E-state index is 12.4. The van der Waals surface area contributed by atoms with E-state index in [9.17, 15) is 4.79 Å². The van der Waals surface area contributed by atoms with E-state index in [4.69, 9.17) is 16.3 Å². The maximum absolute atomic E-state index is 12.4. The minimum atomic E-state index is -0.500. The van der Waals surface area contributed by atoms with E-state index in [0.717, 1.165) is 5.56 Å². The molecule has 1 aromatic heterocycles. The van der Waals surface area contributed by atoms with Crippen molar-refractivity contribution in [3.63, 3.8) is 0 Å². The van der Waals surface area contributed by atoms with Gasteiger partial charge in [-0.15, -0.1) is 0 Å². The normalized spacial score (nSPS) is 22.5. The lowest BCUT2D eigenvalue weighted by molar-refractivity contribution is 0.00810. The van der Waals surface area contributed by atoms with E-state index in [-0.39, 0.29) is 18.2 Å². The molecule has 0 aliphatic carbocycles. The lowest BCUT2D eigenvalue weighted by Crippen LogP contribution is -2.55. The largest absolute Gasteiger partial charge is 0.444 e. The Morgan fingerprint density at radius 2 is 2.18 bits per heavy atom. The molecule has 2 atom stereocenters. The van der Waals surface area contributed by atoms with Crippen LogP contribution in [0.5, 0.6) is 0 Å². The average Bonchev–Trinajstić information content (AvgIpc) is 2.35. The van der Waals surface area contributed by atoms with Gasteiger partial charge < -0.3 is 15.0 Å². The monoisotopic (exact) mass is 389 g/mol. The van der Waals surface area contributed by atoms with Crippen molar-refractivity contribution in [2.75, 3.05) is 13.1 Å². The Labute approximate surface area is 144 Å². The van der Waals surface area contributed by atoms with Crippen LogP contribution in [0.15, 0.2) is 16.7 Å². The Morgan fingerprint density at radius 3 is 2.77 bits per heavy atom. The Morgan fingerprint density at radius 1 is 1.50 bits per heavy atom. The highest BCUT2D eigenvalue weighted by atomic mass is 79.9. The standard InChI is InChI=1S/C15H21BrClN3O2/c1-9-13(10-7-11(16)19-12(17)8-10)18-5-6-20(9)14(21)22-15(2,3)4/h7-9,13,18H,5-6H2,1-4H3/t9-,13+/m0/s1. The molecule has 2 rings (SSSR count). The summed E-state index contributed by atoms with van der Waals surface area (Å²) in [6.07, 6.45) is -0.286. The zero-order chi connectivity index (χ0) is 16.5. The topological polar surface area (TPSA) is 54.5 Å². The van der Waals surface area contributed by atoms with E-state index in [1.807, 2.05) is 39.8 Å². The van der Waals surface area contributed by atoms with Crippen LogP contribution in [0.25, 0.3) is 0 Å². The number of aromatic nitrogens is 1. The van der Waals surface area contributed by atoms with Gasteiger partial charge in [-0.2, -0.15) is 0 Å². The van der Waals surface area contributed by atoms with Gasteiger partial charge in [-0.25, -0.2) is 9.78 Å². The molecule has 5 nitrogen and oxygen atoms in total. The van der Waals surface area contributed by atoms with E-state index in [0.29, 0.717) is 22.8 Å². The first-order valence-electron chi connectivity index (χ1n) is 7.23. The Kier molecular flexibility index (Phi) is 5.35. The number of nitrogens with zero attached hydrogens (tertiary/aromatic N) is 2. The van der Waals surface area contributed by atoms with Crippen LogP contribution in [0, 0.1) is 0 Å². The van der Waals surface area contributed by atoms with Gasteiger partial charge in [0.25, 0.3) is 0 Å². The molecule has 2 heterocycles. The van der Waals surface area contributed by atoms with Gasteiger partial charge in [0, 0.05) is 13.1 Å². The van der Waals surface area contributed by atoms with Gasteiger partial charge in [-0.1, -0.05) is 11.6 Å². The number of carbonyl (C=O) groups is 1. The van der Waals surface area contributed by atoms with Gasteiger partial charge in [-0.05, 0) is 61.3 Å². The van der Waals surface area contributed by atoms with E-state index < -0.39 is 5.60 Å². The van der Waals surface area contributed by atoms with Crippen LogP contribution in [-0.4, -0.2) is 40.7 Å². The first-order chi connectivity index (χ1) is 10.2. The number of hydrogen-bond donors (Lipinski definition) is 1. The Hall–Kier alpha value is -0.850. The van der Waals surface area contributed by atoms with Crippen LogP contribution in [0.4, 0.5) is 4.79 Å². The van der Waals surface area contributed by atoms with Gasteiger partial charge in [0.1, 0.15) is 15.4 Å².